The van der Waals surface area contributed by atoms with Crippen molar-refractivity contribution >= 4 is 11.3 Å². The summed E-state index contributed by atoms with van der Waals surface area (Å²) in [6.45, 7) is 6.29. The minimum absolute atomic E-state index is 0.133. The predicted molar refractivity (Wildman–Crippen MR) is 80.9 cm³/mol. The third-order valence-corrected chi connectivity index (χ3v) is 4.45. The van der Waals surface area contributed by atoms with Crippen molar-refractivity contribution in [1.82, 2.24) is 10.2 Å². The van der Waals surface area contributed by atoms with Crippen molar-refractivity contribution in [2.45, 2.75) is 32.1 Å². The van der Waals surface area contributed by atoms with Crippen LogP contribution in [0, 0.1) is 11.3 Å². The van der Waals surface area contributed by atoms with E-state index in [1.165, 1.54) is 0 Å². The molecule has 3 N–H and O–H groups in total. The van der Waals surface area contributed by atoms with Gasteiger partial charge in [-0.15, -0.1) is 16.4 Å². The van der Waals surface area contributed by atoms with Crippen LogP contribution in [0.3, 0.4) is 0 Å². The van der Waals surface area contributed by atoms with Crippen molar-refractivity contribution < 1.29 is 4.74 Å². The van der Waals surface area contributed by atoms with Crippen molar-refractivity contribution in [3.63, 3.8) is 0 Å². The van der Waals surface area contributed by atoms with Gasteiger partial charge in [-0.05, 0) is 11.4 Å². The van der Waals surface area contributed by atoms with Crippen LogP contribution in [0.15, 0.2) is 29.0 Å². The molecule has 0 saturated heterocycles. The minimum atomic E-state index is -0.216. The summed E-state index contributed by atoms with van der Waals surface area (Å²) in [5, 5.41) is 18.8. The Balaban J connectivity index is 2.26. The fraction of sp³-hybridized carbons (Fsp3) is 0.333. The van der Waals surface area contributed by atoms with E-state index in [1.54, 1.807) is 11.3 Å². The number of thiophene rings is 1. The maximum atomic E-state index is 9.49. The average molecular weight is 300 g/mol. The van der Waals surface area contributed by atoms with Gasteiger partial charge in [0.2, 0.25) is 11.8 Å². The number of rotatable bonds is 1. The summed E-state index contributed by atoms with van der Waals surface area (Å²) in [4.78, 5) is 1.06. The number of nitrogens with one attached hydrogen (secondary N) is 1. The normalized spacial score (nSPS) is 18.1. The number of hydrogen-bond acceptors (Lipinski definition) is 5. The highest BCUT2D eigenvalue weighted by atomic mass is 32.1. The van der Waals surface area contributed by atoms with Crippen LogP contribution in [0.5, 0.6) is 5.88 Å². The zero-order valence-corrected chi connectivity index (χ0v) is 12.9. The molecule has 2 aromatic rings. The van der Waals surface area contributed by atoms with Crippen molar-refractivity contribution in [2.24, 2.45) is 5.73 Å². The number of allylic oxidation sites excluding steroid dienone is 1. The number of aromatic amines is 1. The summed E-state index contributed by atoms with van der Waals surface area (Å²) in [5.74, 6) is 0.386. The lowest BCUT2D eigenvalue weighted by molar-refractivity contribution is 0.378. The quantitative estimate of drug-likeness (QED) is 0.847. The Morgan fingerprint density at radius 1 is 1.48 bits per heavy atom. The number of aromatic nitrogens is 2. The van der Waals surface area contributed by atoms with Gasteiger partial charge in [-0.25, -0.2) is 0 Å². The number of H-pyrrole nitrogens is 1. The number of nitrogens with zero attached hydrogens (tertiary/aromatic N) is 2. The van der Waals surface area contributed by atoms with Crippen LogP contribution in [0.1, 0.15) is 42.8 Å². The summed E-state index contributed by atoms with van der Waals surface area (Å²) in [6.07, 6.45) is 0. The molecule has 0 amide bonds. The molecular formula is C15H16N4OS. The second-order valence-corrected chi connectivity index (χ2v) is 6.99. The van der Waals surface area contributed by atoms with E-state index in [0.717, 1.165) is 16.1 Å². The van der Waals surface area contributed by atoms with Gasteiger partial charge in [0.15, 0.2) is 0 Å². The van der Waals surface area contributed by atoms with E-state index in [9.17, 15) is 5.26 Å². The summed E-state index contributed by atoms with van der Waals surface area (Å²) < 4.78 is 5.54. The number of ether oxygens (including phenoxy) is 1. The largest absolute Gasteiger partial charge is 0.420 e. The summed E-state index contributed by atoms with van der Waals surface area (Å²) in [5.41, 5.74) is 8.09. The van der Waals surface area contributed by atoms with Crippen molar-refractivity contribution in [2.75, 3.05) is 0 Å². The summed E-state index contributed by atoms with van der Waals surface area (Å²) in [7, 11) is 0. The molecule has 0 spiro atoms. The van der Waals surface area contributed by atoms with Gasteiger partial charge in [0.05, 0.1) is 11.5 Å². The molecule has 0 aromatic carbocycles. The Labute approximate surface area is 127 Å². The first-order chi connectivity index (χ1) is 9.93. The number of nitriles is 1. The van der Waals surface area contributed by atoms with E-state index < -0.39 is 0 Å². The zero-order chi connectivity index (χ0) is 15.2. The maximum Gasteiger partial charge on any atom is 0.244 e. The van der Waals surface area contributed by atoms with E-state index >= 15 is 0 Å². The Morgan fingerprint density at radius 2 is 2.24 bits per heavy atom. The first-order valence-electron chi connectivity index (χ1n) is 6.63. The molecule has 3 rings (SSSR count). The predicted octanol–water partition coefficient (Wildman–Crippen LogP) is 2.99. The number of hydrogen-bond donors (Lipinski definition) is 2. The molecule has 6 heteroatoms. The fourth-order valence-electron chi connectivity index (χ4n) is 2.56. The molecule has 21 heavy (non-hydrogen) atoms. The highest BCUT2D eigenvalue weighted by molar-refractivity contribution is 7.10. The molecule has 0 unspecified atom stereocenters. The average Bonchev–Trinajstić information content (AvgIpc) is 3.04. The van der Waals surface area contributed by atoms with Gasteiger partial charge in [-0.2, -0.15) is 5.26 Å². The second kappa shape index (κ2) is 4.64. The fourth-order valence-corrected chi connectivity index (χ4v) is 3.40. The first-order valence-corrected chi connectivity index (χ1v) is 7.51. The van der Waals surface area contributed by atoms with Crippen molar-refractivity contribution in [3.8, 4) is 11.9 Å². The Hall–Kier alpha value is -2.26. The maximum absolute atomic E-state index is 9.49. The Bertz CT molecular complexity index is 744. The molecule has 5 nitrogen and oxygen atoms in total. The van der Waals surface area contributed by atoms with Gasteiger partial charge in [0, 0.05) is 16.0 Å². The minimum Gasteiger partial charge on any atom is -0.420 e. The van der Waals surface area contributed by atoms with Gasteiger partial charge in [-0.3, -0.25) is 5.10 Å². The molecule has 0 bridgehead atoms. The van der Waals surface area contributed by atoms with Gasteiger partial charge in [0.1, 0.15) is 11.6 Å². The molecule has 0 aliphatic carbocycles. The molecule has 0 fully saturated rings. The number of nitrogens with two attached hydrogens (primary N) is 1. The third-order valence-electron chi connectivity index (χ3n) is 3.52. The lowest BCUT2D eigenvalue weighted by atomic mass is 9.81. The Morgan fingerprint density at radius 3 is 2.81 bits per heavy atom. The number of fused-ring (bicyclic) bond motifs is 1. The summed E-state index contributed by atoms with van der Waals surface area (Å²) >= 11 is 1.60. The lowest BCUT2D eigenvalue weighted by Crippen LogP contribution is -2.23. The Kier molecular flexibility index (Phi) is 3.03. The van der Waals surface area contributed by atoms with E-state index in [4.69, 9.17) is 10.5 Å². The van der Waals surface area contributed by atoms with E-state index in [-0.39, 0.29) is 17.2 Å². The van der Waals surface area contributed by atoms with Crippen LogP contribution in [0.25, 0.3) is 0 Å². The smallest absolute Gasteiger partial charge is 0.244 e. The van der Waals surface area contributed by atoms with Gasteiger partial charge in [0.25, 0.3) is 0 Å². The SMILES string of the molecule is CC(C)(C)c1[nH]nc2c1[C@@H](c1cccs1)C(C#N)=C(N)O2. The zero-order valence-electron chi connectivity index (χ0n) is 12.1. The van der Waals surface area contributed by atoms with Crippen LogP contribution in [0.4, 0.5) is 0 Å². The molecule has 0 radical (unpaired) electrons. The highest BCUT2D eigenvalue weighted by Crippen LogP contribution is 2.46. The van der Waals surface area contributed by atoms with Crippen LogP contribution in [0.2, 0.25) is 0 Å². The van der Waals surface area contributed by atoms with Gasteiger partial charge < -0.3 is 10.5 Å². The molecule has 2 aromatic heterocycles. The van der Waals surface area contributed by atoms with E-state index in [2.05, 4.69) is 37.0 Å². The van der Waals surface area contributed by atoms with E-state index in [0.29, 0.717) is 11.5 Å². The molecule has 3 heterocycles. The van der Waals surface area contributed by atoms with Crippen LogP contribution >= 0.6 is 11.3 Å². The molecule has 1 aliphatic rings. The summed E-state index contributed by atoms with van der Waals surface area (Å²) in [6, 6.07) is 6.17. The van der Waals surface area contributed by atoms with E-state index in [1.807, 2.05) is 17.5 Å². The van der Waals surface area contributed by atoms with Gasteiger partial charge in [-0.1, -0.05) is 26.8 Å². The molecule has 1 aliphatic heterocycles. The lowest BCUT2D eigenvalue weighted by Gasteiger charge is -2.26. The standard InChI is InChI=1S/C15H16N4OS/c1-15(2,3)12-11-10(9-5-4-6-21-9)8(7-16)13(17)20-14(11)19-18-12/h4-6,10H,17H2,1-3H3,(H,18,19)/t10-/m1/s1. The molecule has 0 saturated carbocycles. The molecular weight excluding hydrogens is 284 g/mol. The van der Waals surface area contributed by atoms with Crippen molar-refractivity contribution in [1.29, 1.82) is 5.26 Å². The monoisotopic (exact) mass is 300 g/mol. The van der Waals surface area contributed by atoms with Crippen molar-refractivity contribution in [3.05, 3.63) is 45.1 Å². The van der Waals surface area contributed by atoms with Gasteiger partial charge >= 0.3 is 0 Å². The molecule has 108 valence electrons. The third kappa shape index (κ3) is 2.10. The van der Waals surface area contributed by atoms with Crippen LogP contribution < -0.4 is 10.5 Å². The first kappa shape index (κ1) is 13.7. The topological polar surface area (TPSA) is 87.7 Å². The molecule has 1 atom stereocenters. The highest BCUT2D eigenvalue weighted by Gasteiger charge is 2.38. The van der Waals surface area contributed by atoms with Crippen LogP contribution in [-0.4, -0.2) is 10.2 Å². The van der Waals surface area contributed by atoms with Crippen LogP contribution in [-0.2, 0) is 5.41 Å². The second-order valence-electron chi connectivity index (χ2n) is 6.01.